The van der Waals surface area contributed by atoms with E-state index >= 15 is 0 Å². The number of hydrogen-bond donors (Lipinski definition) is 1. The van der Waals surface area contributed by atoms with Crippen LogP contribution < -0.4 is 5.32 Å². The molecule has 18 heavy (non-hydrogen) atoms. The van der Waals surface area contributed by atoms with Crippen LogP contribution >= 0.6 is 0 Å². The Labute approximate surface area is 107 Å². The second kappa shape index (κ2) is 5.87. The predicted molar refractivity (Wildman–Crippen MR) is 71.0 cm³/mol. The van der Waals surface area contributed by atoms with E-state index in [4.69, 9.17) is 5.26 Å². The maximum absolute atomic E-state index is 8.60. The number of aryl methyl sites for hydroxylation is 1. The van der Waals surface area contributed by atoms with Crippen LogP contribution in [0.1, 0.15) is 18.2 Å². The minimum absolute atomic E-state index is 0.461. The lowest BCUT2D eigenvalue weighted by Gasteiger charge is -2.08. The number of nitrogens with zero attached hydrogens (tertiary/aromatic N) is 3. The lowest BCUT2D eigenvalue weighted by molar-refractivity contribution is 0.719. The second-order valence-corrected chi connectivity index (χ2v) is 4.06. The number of hydrogen-bond acceptors (Lipinski definition) is 3. The number of benzene rings is 1. The normalized spacial score (nSPS) is 10.0. The van der Waals surface area contributed by atoms with E-state index in [1.807, 2.05) is 36.8 Å². The van der Waals surface area contributed by atoms with Crippen LogP contribution in [0.25, 0.3) is 0 Å². The molecule has 2 rings (SSSR count). The molecule has 0 fully saturated rings. The van der Waals surface area contributed by atoms with E-state index in [0.717, 1.165) is 24.3 Å². The van der Waals surface area contributed by atoms with Gasteiger partial charge in [0.2, 0.25) is 0 Å². The van der Waals surface area contributed by atoms with Crippen molar-refractivity contribution in [3.63, 3.8) is 0 Å². The van der Waals surface area contributed by atoms with Gasteiger partial charge in [-0.15, -0.1) is 0 Å². The summed E-state index contributed by atoms with van der Waals surface area (Å²) in [6, 6.07) is 10.1. The van der Waals surface area contributed by atoms with Crippen LogP contribution in [0.15, 0.2) is 36.8 Å². The van der Waals surface area contributed by atoms with Crippen molar-refractivity contribution in [2.24, 2.45) is 0 Å². The molecule has 92 valence electrons. The molecule has 1 aromatic carbocycles. The Balaban J connectivity index is 1.96. The van der Waals surface area contributed by atoms with Crippen LogP contribution in [-0.4, -0.2) is 9.55 Å². The lowest BCUT2D eigenvalue weighted by atomic mass is 10.1. The van der Waals surface area contributed by atoms with Crippen LogP contribution in [0.5, 0.6) is 0 Å². The Bertz CT molecular complexity index is 534. The quantitative estimate of drug-likeness (QED) is 0.874. The van der Waals surface area contributed by atoms with Crippen molar-refractivity contribution < 1.29 is 0 Å². The van der Waals surface area contributed by atoms with E-state index < -0.39 is 0 Å². The maximum Gasteiger partial charge on any atom is 0.0948 e. The molecule has 0 saturated heterocycles. The smallest absolute Gasteiger partial charge is 0.0948 e. The highest BCUT2D eigenvalue weighted by Crippen LogP contribution is 2.11. The first-order valence-electron chi connectivity index (χ1n) is 6.02. The molecule has 0 aliphatic carbocycles. The van der Waals surface area contributed by atoms with Crippen LogP contribution in [-0.2, 0) is 19.5 Å². The maximum atomic E-state index is 8.60. The van der Waals surface area contributed by atoms with Crippen LogP contribution in [0.4, 0.5) is 5.69 Å². The fourth-order valence-corrected chi connectivity index (χ4v) is 1.80. The molecule has 2 aromatic rings. The minimum atomic E-state index is 0.461. The molecule has 0 atom stereocenters. The number of rotatable bonds is 5. The van der Waals surface area contributed by atoms with Gasteiger partial charge in [-0.05, 0) is 24.6 Å². The molecule has 0 unspecified atom stereocenters. The van der Waals surface area contributed by atoms with Gasteiger partial charge in [-0.2, -0.15) is 5.26 Å². The number of aromatic nitrogens is 2. The minimum Gasteiger partial charge on any atom is -0.379 e. The van der Waals surface area contributed by atoms with E-state index in [2.05, 4.69) is 27.9 Å². The third-order valence-electron chi connectivity index (χ3n) is 2.85. The molecule has 0 spiro atoms. The zero-order valence-electron chi connectivity index (χ0n) is 10.4. The largest absolute Gasteiger partial charge is 0.379 e. The Hall–Kier alpha value is -2.28. The molecule has 1 N–H and O–H groups in total. The third-order valence-corrected chi connectivity index (χ3v) is 2.85. The first-order chi connectivity index (χ1) is 8.83. The zero-order valence-corrected chi connectivity index (χ0v) is 10.4. The molecule has 0 amide bonds. The molecule has 1 aromatic heterocycles. The highest BCUT2D eigenvalue weighted by molar-refractivity contribution is 5.45. The highest BCUT2D eigenvalue weighted by atomic mass is 15.1. The standard InChI is InChI=1S/C14H16N4/c1-2-18-11-16-9-14(18)10-17-13-5-3-12(4-6-13)7-8-15/h3-6,9,11,17H,2,7,10H2,1H3. The summed E-state index contributed by atoms with van der Waals surface area (Å²) in [5.41, 5.74) is 3.26. The Morgan fingerprint density at radius 2 is 2.11 bits per heavy atom. The fraction of sp³-hybridized carbons (Fsp3) is 0.286. The summed E-state index contributed by atoms with van der Waals surface area (Å²) >= 11 is 0. The van der Waals surface area contributed by atoms with Gasteiger partial charge in [-0.1, -0.05) is 12.1 Å². The summed E-state index contributed by atoms with van der Waals surface area (Å²) in [6.07, 6.45) is 4.18. The van der Waals surface area contributed by atoms with Crippen LogP contribution in [0.2, 0.25) is 0 Å². The fourth-order valence-electron chi connectivity index (χ4n) is 1.80. The molecule has 4 heteroatoms. The Morgan fingerprint density at radius 3 is 2.78 bits per heavy atom. The summed E-state index contributed by atoms with van der Waals surface area (Å²) < 4.78 is 2.11. The number of imidazole rings is 1. The molecular formula is C14H16N4. The van der Waals surface area contributed by atoms with E-state index in [0.29, 0.717) is 6.42 Å². The van der Waals surface area contributed by atoms with Crippen molar-refractivity contribution in [2.75, 3.05) is 5.32 Å². The first-order valence-corrected chi connectivity index (χ1v) is 6.02. The van der Waals surface area contributed by atoms with Gasteiger partial charge in [-0.25, -0.2) is 4.98 Å². The van der Waals surface area contributed by atoms with Crippen molar-refractivity contribution in [1.82, 2.24) is 9.55 Å². The van der Waals surface area contributed by atoms with Gasteiger partial charge in [0.1, 0.15) is 0 Å². The number of anilines is 1. The lowest BCUT2D eigenvalue weighted by Crippen LogP contribution is -2.05. The van der Waals surface area contributed by atoms with Gasteiger partial charge in [0.05, 0.1) is 31.1 Å². The third kappa shape index (κ3) is 2.89. The van der Waals surface area contributed by atoms with E-state index in [9.17, 15) is 0 Å². The van der Waals surface area contributed by atoms with E-state index in [1.54, 1.807) is 0 Å². The van der Waals surface area contributed by atoms with Gasteiger partial charge in [-0.3, -0.25) is 0 Å². The summed E-state index contributed by atoms with van der Waals surface area (Å²) in [5, 5.41) is 11.9. The monoisotopic (exact) mass is 240 g/mol. The average Bonchev–Trinajstić information content (AvgIpc) is 2.86. The topological polar surface area (TPSA) is 53.6 Å². The van der Waals surface area contributed by atoms with Gasteiger partial charge in [0, 0.05) is 18.4 Å². The highest BCUT2D eigenvalue weighted by Gasteiger charge is 2.00. The number of nitrogens with one attached hydrogen (secondary N) is 1. The van der Waals surface area contributed by atoms with Crippen LogP contribution in [0, 0.1) is 11.3 Å². The van der Waals surface area contributed by atoms with Gasteiger partial charge in [0.15, 0.2) is 0 Å². The van der Waals surface area contributed by atoms with Crippen LogP contribution in [0.3, 0.4) is 0 Å². The SMILES string of the molecule is CCn1cncc1CNc1ccc(CC#N)cc1. The zero-order chi connectivity index (χ0) is 12.8. The Kier molecular flexibility index (Phi) is 3.98. The van der Waals surface area contributed by atoms with Crippen molar-refractivity contribution in [1.29, 1.82) is 5.26 Å². The molecule has 0 aliphatic rings. The predicted octanol–water partition coefficient (Wildman–Crippen LogP) is 2.58. The van der Waals surface area contributed by atoms with Gasteiger partial charge in [0.25, 0.3) is 0 Å². The van der Waals surface area contributed by atoms with Crippen molar-refractivity contribution in [2.45, 2.75) is 26.4 Å². The molecule has 4 nitrogen and oxygen atoms in total. The summed E-state index contributed by atoms with van der Waals surface area (Å²) in [6.45, 7) is 3.78. The summed E-state index contributed by atoms with van der Waals surface area (Å²) in [5.74, 6) is 0. The molecular weight excluding hydrogens is 224 g/mol. The van der Waals surface area contributed by atoms with Crippen molar-refractivity contribution in [3.8, 4) is 6.07 Å². The summed E-state index contributed by atoms with van der Waals surface area (Å²) in [4.78, 5) is 4.13. The molecule has 0 aliphatic heterocycles. The van der Waals surface area contributed by atoms with Gasteiger partial charge >= 0.3 is 0 Å². The molecule has 0 radical (unpaired) electrons. The van der Waals surface area contributed by atoms with Crippen molar-refractivity contribution >= 4 is 5.69 Å². The average molecular weight is 240 g/mol. The first kappa shape index (κ1) is 12.2. The van der Waals surface area contributed by atoms with Gasteiger partial charge < -0.3 is 9.88 Å². The molecule has 0 bridgehead atoms. The van der Waals surface area contributed by atoms with Crippen molar-refractivity contribution in [3.05, 3.63) is 48.0 Å². The second-order valence-electron chi connectivity index (χ2n) is 4.06. The Morgan fingerprint density at radius 1 is 1.33 bits per heavy atom. The molecule has 0 saturated carbocycles. The van der Waals surface area contributed by atoms with E-state index in [-0.39, 0.29) is 0 Å². The van der Waals surface area contributed by atoms with E-state index in [1.165, 1.54) is 5.69 Å². The summed E-state index contributed by atoms with van der Waals surface area (Å²) in [7, 11) is 0. The number of nitriles is 1. The molecule has 1 heterocycles.